The molecule has 7 nitrogen and oxygen atoms in total. The minimum absolute atomic E-state index is 0.0746. The normalized spacial score (nSPS) is 23.3. The van der Waals surface area contributed by atoms with Gasteiger partial charge in [-0.1, -0.05) is 19.2 Å². The van der Waals surface area contributed by atoms with Gasteiger partial charge in [0, 0.05) is 29.9 Å². The molecule has 0 aromatic heterocycles. The second-order valence-corrected chi connectivity index (χ2v) is 4.27. The molecule has 2 rings (SSSR count). The van der Waals surface area contributed by atoms with Crippen LogP contribution in [0.5, 0.6) is 0 Å². The van der Waals surface area contributed by atoms with Crippen LogP contribution in [0.2, 0.25) is 0 Å². The summed E-state index contributed by atoms with van der Waals surface area (Å²) in [6.07, 6.45) is 1.40. The second kappa shape index (κ2) is 4.60. The first-order valence-electron chi connectivity index (χ1n) is 5.65. The van der Waals surface area contributed by atoms with E-state index in [1.807, 2.05) is 0 Å². The Morgan fingerprint density at radius 1 is 1.42 bits per heavy atom. The zero-order chi connectivity index (χ0) is 14.2. The largest absolute Gasteiger partial charge is 0.399 e. The summed E-state index contributed by atoms with van der Waals surface area (Å²) >= 11 is 0. The van der Waals surface area contributed by atoms with Crippen molar-refractivity contribution in [2.45, 2.75) is 6.04 Å². The zero-order valence-corrected chi connectivity index (χ0v) is 10.2. The van der Waals surface area contributed by atoms with E-state index in [2.05, 4.69) is 23.8 Å². The Bertz CT molecular complexity index is 535. The van der Waals surface area contributed by atoms with Gasteiger partial charge in [0.15, 0.2) is 0 Å². The Morgan fingerprint density at radius 3 is 2.58 bits per heavy atom. The molecule has 7 heteroatoms. The SMILES string of the molecule is C=CC1=C(C(=C)N)CN(C2CNC(=O)NC2=O)C1=O. The van der Waals surface area contributed by atoms with Crippen molar-refractivity contribution in [2.24, 2.45) is 5.73 Å². The van der Waals surface area contributed by atoms with Crippen LogP contribution in [0, 0.1) is 0 Å². The number of carbonyl (C=O) groups excluding carboxylic acids is 3. The molecule has 2 heterocycles. The van der Waals surface area contributed by atoms with Crippen LogP contribution >= 0.6 is 0 Å². The summed E-state index contributed by atoms with van der Waals surface area (Å²) in [5.74, 6) is -0.850. The summed E-state index contributed by atoms with van der Waals surface area (Å²) in [4.78, 5) is 36.3. The number of urea groups is 1. The van der Waals surface area contributed by atoms with E-state index < -0.39 is 18.0 Å². The van der Waals surface area contributed by atoms with Crippen LogP contribution < -0.4 is 16.4 Å². The number of nitrogens with two attached hydrogens (primary N) is 1. The maximum absolute atomic E-state index is 12.2. The van der Waals surface area contributed by atoms with E-state index in [-0.39, 0.29) is 24.7 Å². The highest BCUT2D eigenvalue weighted by Gasteiger charge is 2.39. The van der Waals surface area contributed by atoms with Gasteiger partial charge in [0.05, 0.1) is 0 Å². The highest BCUT2D eigenvalue weighted by Crippen LogP contribution is 2.25. The first-order valence-corrected chi connectivity index (χ1v) is 5.65. The Hall–Kier alpha value is -2.57. The van der Waals surface area contributed by atoms with Crippen molar-refractivity contribution in [3.63, 3.8) is 0 Å². The third-order valence-electron chi connectivity index (χ3n) is 3.11. The van der Waals surface area contributed by atoms with Gasteiger partial charge in [-0.2, -0.15) is 0 Å². The van der Waals surface area contributed by atoms with Gasteiger partial charge in [-0.25, -0.2) is 4.79 Å². The Morgan fingerprint density at radius 2 is 2.11 bits per heavy atom. The second-order valence-electron chi connectivity index (χ2n) is 4.27. The van der Waals surface area contributed by atoms with Crippen LogP contribution in [0.4, 0.5) is 4.79 Å². The molecule has 0 aromatic carbocycles. The lowest BCUT2D eigenvalue weighted by molar-refractivity contribution is -0.136. The standard InChI is InChI=1S/C12H14N4O3/c1-3-7-8(6(2)13)5-16(11(7)18)9-4-14-12(19)15-10(9)17/h3,9H,1-2,4-5,13H2,(H2,14,15,17,19). The molecule has 1 atom stereocenters. The zero-order valence-electron chi connectivity index (χ0n) is 10.2. The number of amides is 4. The third kappa shape index (κ3) is 2.10. The van der Waals surface area contributed by atoms with Gasteiger partial charge in [-0.15, -0.1) is 0 Å². The predicted octanol–water partition coefficient (Wildman–Crippen LogP) is -1.01. The van der Waals surface area contributed by atoms with Crippen LogP contribution in [0.25, 0.3) is 0 Å². The highest BCUT2D eigenvalue weighted by molar-refractivity contribution is 6.06. The number of nitrogens with zero attached hydrogens (tertiary/aromatic N) is 1. The van der Waals surface area contributed by atoms with Gasteiger partial charge in [-0.3, -0.25) is 14.9 Å². The Balaban J connectivity index is 2.24. The van der Waals surface area contributed by atoms with E-state index in [9.17, 15) is 14.4 Å². The highest BCUT2D eigenvalue weighted by atomic mass is 16.2. The molecule has 0 bridgehead atoms. The summed E-state index contributed by atoms with van der Waals surface area (Å²) in [6.45, 7) is 7.43. The number of carbonyl (C=O) groups is 3. The Labute approximate surface area is 109 Å². The van der Waals surface area contributed by atoms with Crippen LogP contribution in [-0.4, -0.2) is 41.9 Å². The van der Waals surface area contributed by atoms with E-state index in [0.717, 1.165) is 0 Å². The molecule has 0 radical (unpaired) electrons. The first kappa shape index (κ1) is 12.9. The van der Waals surface area contributed by atoms with Crippen molar-refractivity contribution in [1.29, 1.82) is 0 Å². The van der Waals surface area contributed by atoms with Crippen LogP contribution in [-0.2, 0) is 9.59 Å². The van der Waals surface area contributed by atoms with Crippen molar-refractivity contribution in [1.82, 2.24) is 15.5 Å². The molecular formula is C12H14N4O3. The molecule has 0 saturated carbocycles. The van der Waals surface area contributed by atoms with Crippen molar-refractivity contribution in [3.8, 4) is 0 Å². The minimum Gasteiger partial charge on any atom is -0.399 e. The fourth-order valence-electron chi connectivity index (χ4n) is 2.12. The maximum atomic E-state index is 12.2. The van der Waals surface area contributed by atoms with Gasteiger partial charge in [0.25, 0.3) is 11.8 Å². The number of rotatable bonds is 3. The lowest BCUT2D eigenvalue weighted by atomic mass is 10.1. The summed E-state index contributed by atoms with van der Waals surface area (Å²) in [7, 11) is 0. The monoisotopic (exact) mass is 262 g/mol. The van der Waals surface area contributed by atoms with Crippen LogP contribution in [0.1, 0.15) is 0 Å². The summed E-state index contributed by atoms with van der Waals surface area (Å²) < 4.78 is 0. The van der Waals surface area contributed by atoms with E-state index in [1.54, 1.807) is 0 Å². The molecule has 4 amide bonds. The molecule has 1 unspecified atom stereocenters. The topological polar surface area (TPSA) is 105 Å². The number of hydrogen-bond donors (Lipinski definition) is 3. The minimum atomic E-state index is -0.753. The van der Waals surface area contributed by atoms with Gasteiger partial charge >= 0.3 is 6.03 Å². The summed E-state index contributed by atoms with van der Waals surface area (Å²) in [5, 5.41) is 4.60. The molecule has 2 aliphatic heterocycles. The number of hydrogen-bond acceptors (Lipinski definition) is 4. The van der Waals surface area contributed by atoms with Gasteiger partial charge in [0.2, 0.25) is 0 Å². The van der Waals surface area contributed by atoms with E-state index in [1.165, 1.54) is 11.0 Å². The summed E-state index contributed by atoms with van der Waals surface area (Å²) in [5.41, 5.74) is 6.80. The van der Waals surface area contributed by atoms with Crippen LogP contribution in [0.15, 0.2) is 36.1 Å². The molecule has 0 aliphatic carbocycles. The maximum Gasteiger partial charge on any atom is 0.321 e. The molecule has 100 valence electrons. The van der Waals surface area contributed by atoms with Gasteiger partial charge in [0.1, 0.15) is 6.04 Å². The van der Waals surface area contributed by atoms with Gasteiger partial charge in [-0.05, 0) is 0 Å². The van der Waals surface area contributed by atoms with Crippen molar-refractivity contribution in [3.05, 3.63) is 36.1 Å². The van der Waals surface area contributed by atoms with Gasteiger partial charge < -0.3 is 16.0 Å². The molecule has 1 saturated heterocycles. The lowest BCUT2D eigenvalue weighted by Crippen LogP contribution is -2.61. The number of nitrogens with one attached hydrogen (secondary N) is 2. The molecule has 1 fully saturated rings. The average molecular weight is 262 g/mol. The number of imide groups is 1. The van der Waals surface area contributed by atoms with Crippen molar-refractivity contribution in [2.75, 3.05) is 13.1 Å². The summed E-state index contributed by atoms with van der Waals surface area (Å²) in [6, 6.07) is -1.31. The fraction of sp³-hybridized carbons (Fsp3) is 0.250. The molecule has 19 heavy (non-hydrogen) atoms. The quantitative estimate of drug-likeness (QED) is 0.606. The van der Waals surface area contributed by atoms with E-state index in [0.29, 0.717) is 11.1 Å². The Kier molecular flexibility index (Phi) is 3.12. The van der Waals surface area contributed by atoms with Crippen molar-refractivity contribution < 1.29 is 14.4 Å². The molecule has 0 aromatic rings. The fourth-order valence-corrected chi connectivity index (χ4v) is 2.12. The lowest BCUT2D eigenvalue weighted by Gasteiger charge is -2.30. The molecule has 4 N–H and O–H groups in total. The van der Waals surface area contributed by atoms with Crippen LogP contribution in [0.3, 0.4) is 0 Å². The molecule has 2 aliphatic rings. The predicted molar refractivity (Wildman–Crippen MR) is 67.6 cm³/mol. The van der Waals surface area contributed by atoms with E-state index >= 15 is 0 Å². The van der Waals surface area contributed by atoms with E-state index in [4.69, 9.17) is 5.73 Å². The first-order chi connectivity index (χ1) is 8.95. The smallest absolute Gasteiger partial charge is 0.321 e. The van der Waals surface area contributed by atoms with Crippen molar-refractivity contribution >= 4 is 17.8 Å². The average Bonchev–Trinajstić information content (AvgIpc) is 2.66. The third-order valence-corrected chi connectivity index (χ3v) is 3.11. The molecule has 0 spiro atoms. The molecular weight excluding hydrogens is 248 g/mol.